The molecule has 0 aliphatic rings. The molecule has 1 amide bonds. The summed E-state index contributed by atoms with van der Waals surface area (Å²) in [5.41, 5.74) is 2.24. The van der Waals surface area contributed by atoms with Gasteiger partial charge in [0.25, 0.3) is 5.91 Å². The molecule has 0 aliphatic carbocycles. The van der Waals surface area contributed by atoms with E-state index >= 15 is 0 Å². The van der Waals surface area contributed by atoms with Gasteiger partial charge in [-0.1, -0.05) is 15.9 Å². The van der Waals surface area contributed by atoms with Crippen LogP contribution in [-0.4, -0.2) is 34.2 Å². The van der Waals surface area contributed by atoms with E-state index in [-0.39, 0.29) is 5.91 Å². The van der Waals surface area contributed by atoms with E-state index in [1.807, 2.05) is 37.3 Å². The largest absolute Gasteiger partial charge is 0.341 e. The first kappa shape index (κ1) is 15.3. The molecular weight excluding hydrogens is 332 g/mol. The van der Waals surface area contributed by atoms with E-state index in [1.54, 1.807) is 22.8 Å². The normalized spacial score (nSPS) is 10.2. The van der Waals surface area contributed by atoms with Gasteiger partial charge in [-0.25, -0.2) is 4.68 Å². The van der Waals surface area contributed by atoms with Crippen LogP contribution in [0, 0.1) is 18.3 Å². The number of carbonyl (C=O) groups excluding carboxylic acids is 1. The van der Waals surface area contributed by atoms with Gasteiger partial charge in [0.2, 0.25) is 0 Å². The number of aromatic nitrogens is 2. The molecule has 108 valence electrons. The number of nitriles is 1. The fourth-order valence-electron chi connectivity index (χ4n) is 1.99. The van der Waals surface area contributed by atoms with E-state index < -0.39 is 0 Å². The highest BCUT2D eigenvalue weighted by atomic mass is 79.9. The number of nitrogens with zero attached hydrogens (tertiary/aromatic N) is 4. The Morgan fingerprint density at radius 2 is 2.10 bits per heavy atom. The van der Waals surface area contributed by atoms with Crippen LogP contribution in [0.2, 0.25) is 0 Å². The molecule has 0 spiro atoms. The second-order valence-corrected chi connectivity index (χ2v) is 5.58. The predicted octanol–water partition coefficient (Wildman–Crippen LogP) is 2.93. The van der Waals surface area contributed by atoms with Crippen LogP contribution >= 0.6 is 15.9 Å². The molecule has 1 heterocycles. The van der Waals surface area contributed by atoms with Crippen molar-refractivity contribution >= 4 is 21.8 Å². The number of benzene rings is 1. The number of rotatable bonds is 4. The number of hydrogen-bond donors (Lipinski definition) is 0. The van der Waals surface area contributed by atoms with Crippen molar-refractivity contribution in [1.82, 2.24) is 14.7 Å². The molecule has 0 radical (unpaired) electrons. The van der Waals surface area contributed by atoms with Crippen molar-refractivity contribution in [2.24, 2.45) is 0 Å². The molecule has 5 nitrogen and oxygen atoms in total. The highest BCUT2D eigenvalue weighted by Gasteiger charge is 2.18. The number of hydrogen-bond acceptors (Lipinski definition) is 3. The zero-order chi connectivity index (χ0) is 15.4. The molecule has 0 saturated carbocycles. The quantitative estimate of drug-likeness (QED) is 0.854. The van der Waals surface area contributed by atoms with Crippen molar-refractivity contribution in [2.45, 2.75) is 13.3 Å². The first-order valence-electron chi connectivity index (χ1n) is 6.47. The lowest BCUT2D eigenvalue weighted by molar-refractivity contribution is 0.0797. The van der Waals surface area contributed by atoms with Crippen LogP contribution in [0.1, 0.15) is 22.5 Å². The van der Waals surface area contributed by atoms with Gasteiger partial charge < -0.3 is 4.90 Å². The first-order chi connectivity index (χ1) is 10.0. The lowest BCUT2D eigenvalue weighted by atomic mass is 10.2. The second kappa shape index (κ2) is 6.55. The third-order valence-corrected chi connectivity index (χ3v) is 3.75. The van der Waals surface area contributed by atoms with Crippen molar-refractivity contribution < 1.29 is 4.79 Å². The van der Waals surface area contributed by atoms with Crippen LogP contribution in [0.25, 0.3) is 5.69 Å². The molecule has 0 bridgehead atoms. The number of carbonyl (C=O) groups is 1. The fraction of sp³-hybridized carbons (Fsp3) is 0.267. The Morgan fingerprint density at radius 3 is 2.71 bits per heavy atom. The Morgan fingerprint density at radius 1 is 1.43 bits per heavy atom. The molecule has 1 aromatic heterocycles. The van der Waals surface area contributed by atoms with E-state index in [9.17, 15) is 4.79 Å². The topological polar surface area (TPSA) is 61.9 Å². The molecule has 0 fully saturated rings. The van der Waals surface area contributed by atoms with Crippen molar-refractivity contribution in [1.29, 1.82) is 5.26 Å². The van der Waals surface area contributed by atoms with Gasteiger partial charge in [0.05, 0.1) is 35.6 Å². The van der Waals surface area contributed by atoms with Gasteiger partial charge in [0.15, 0.2) is 0 Å². The van der Waals surface area contributed by atoms with Crippen LogP contribution in [0.4, 0.5) is 0 Å². The molecule has 0 N–H and O–H groups in total. The zero-order valence-electron chi connectivity index (χ0n) is 11.9. The van der Waals surface area contributed by atoms with Gasteiger partial charge in [-0.3, -0.25) is 4.79 Å². The summed E-state index contributed by atoms with van der Waals surface area (Å²) in [7, 11) is 1.69. The average Bonchev–Trinajstić information content (AvgIpc) is 2.86. The molecular formula is C15H15BrN4O. The summed E-state index contributed by atoms with van der Waals surface area (Å²) in [6, 6.07) is 9.75. The SMILES string of the molecule is Cc1c(C(=O)N(C)CCC#N)cnn1-c1ccc(Br)cc1. The van der Waals surface area contributed by atoms with E-state index in [4.69, 9.17) is 5.26 Å². The zero-order valence-corrected chi connectivity index (χ0v) is 13.5. The van der Waals surface area contributed by atoms with Crippen molar-refractivity contribution in [2.75, 3.05) is 13.6 Å². The fourth-order valence-corrected chi connectivity index (χ4v) is 2.25. The molecule has 0 aliphatic heterocycles. The van der Waals surface area contributed by atoms with Gasteiger partial charge in [0.1, 0.15) is 0 Å². The van der Waals surface area contributed by atoms with Gasteiger partial charge in [-0.05, 0) is 31.2 Å². The Balaban J connectivity index is 2.26. The highest BCUT2D eigenvalue weighted by molar-refractivity contribution is 9.10. The summed E-state index contributed by atoms with van der Waals surface area (Å²) in [6.07, 6.45) is 1.89. The van der Waals surface area contributed by atoms with Crippen LogP contribution in [0.15, 0.2) is 34.9 Å². The van der Waals surface area contributed by atoms with Crippen molar-refractivity contribution in [3.8, 4) is 11.8 Å². The third-order valence-electron chi connectivity index (χ3n) is 3.22. The molecule has 0 unspecified atom stereocenters. The van der Waals surface area contributed by atoms with E-state index in [2.05, 4.69) is 21.0 Å². The van der Waals surface area contributed by atoms with E-state index in [1.165, 1.54) is 0 Å². The minimum Gasteiger partial charge on any atom is -0.341 e. The summed E-state index contributed by atoms with van der Waals surface area (Å²) in [5, 5.41) is 12.9. The third kappa shape index (κ3) is 3.31. The van der Waals surface area contributed by atoms with Gasteiger partial charge in [-0.2, -0.15) is 10.4 Å². The van der Waals surface area contributed by atoms with Crippen LogP contribution in [-0.2, 0) is 0 Å². The minimum absolute atomic E-state index is 0.119. The van der Waals surface area contributed by atoms with Crippen molar-refractivity contribution in [3.63, 3.8) is 0 Å². The smallest absolute Gasteiger partial charge is 0.257 e. The van der Waals surface area contributed by atoms with Crippen LogP contribution in [0.3, 0.4) is 0 Å². The lowest BCUT2D eigenvalue weighted by Crippen LogP contribution is -2.27. The molecule has 21 heavy (non-hydrogen) atoms. The van der Waals surface area contributed by atoms with Crippen LogP contribution in [0.5, 0.6) is 0 Å². The Labute approximate surface area is 131 Å². The maximum atomic E-state index is 12.3. The molecule has 0 atom stereocenters. The predicted molar refractivity (Wildman–Crippen MR) is 83.2 cm³/mol. The Hall–Kier alpha value is -2.13. The summed E-state index contributed by atoms with van der Waals surface area (Å²) in [4.78, 5) is 13.9. The van der Waals surface area contributed by atoms with E-state index in [0.717, 1.165) is 15.9 Å². The Bertz CT molecular complexity index is 685. The summed E-state index contributed by atoms with van der Waals surface area (Å²) in [6.45, 7) is 2.28. The molecule has 0 saturated heterocycles. The summed E-state index contributed by atoms with van der Waals surface area (Å²) < 4.78 is 2.72. The summed E-state index contributed by atoms with van der Waals surface area (Å²) >= 11 is 3.39. The highest BCUT2D eigenvalue weighted by Crippen LogP contribution is 2.18. The van der Waals surface area contributed by atoms with Crippen molar-refractivity contribution in [3.05, 3.63) is 46.2 Å². The average molecular weight is 347 g/mol. The summed E-state index contributed by atoms with van der Waals surface area (Å²) in [5.74, 6) is -0.119. The minimum atomic E-state index is -0.119. The maximum absolute atomic E-state index is 12.3. The van der Waals surface area contributed by atoms with E-state index in [0.29, 0.717) is 18.5 Å². The Kier molecular flexibility index (Phi) is 4.76. The molecule has 1 aromatic carbocycles. The molecule has 2 aromatic rings. The van der Waals surface area contributed by atoms with Crippen LogP contribution < -0.4 is 0 Å². The van der Waals surface area contributed by atoms with Gasteiger partial charge in [0, 0.05) is 18.1 Å². The molecule has 6 heteroatoms. The molecule has 2 rings (SSSR count). The first-order valence-corrected chi connectivity index (χ1v) is 7.27. The van der Waals surface area contributed by atoms with Gasteiger partial charge in [-0.15, -0.1) is 0 Å². The lowest BCUT2D eigenvalue weighted by Gasteiger charge is -2.15. The number of halogens is 1. The number of amides is 1. The maximum Gasteiger partial charge on any atom is 0.257 e. The monoisotopic (exact) mass is 346 g/mol. The van der Waals surface area contributed by atoms with Gasteiger partial charge >= 0.3 is 0 Å². The second-order valence-electron chi connectivity index (χ2n) is 4.67. The standard InChI is InChI=1S/C15H15BrN4O/c1-11-14(15(21)19(2)9-3-8-17)10-18-20(11)13-6-4-12(16)5-7-13/h4-7,10H,3,9H2,1-2H3.